The summed E-state index contributed by atoms with van der Waals surface area (Å²) in [5.41, 5.74) is 2.25. The second kappa shape index (κ2) is 8.18. The average Bonchev–Trinajstić information content (AvgIpc) is 2.68. The van der Waals surface area contributed by atoms with Gasteiger partial charge >= 0.3 is 0 Å². The van der Waals surface area contributed by atoms with E-state index >= 15 is 0 Å². The van der Waals surface area contributed by atoms with E-state index in [0.29, 0.717) is 24.2 Å². The van der Waals surface area contributed by atoms with Crippen LogP contribution in [0, 0.1) is 17.0 Å². The van der Waals surface area contributed by atoms with E-state index in [1.807, 2.05) is 17.0 Å². The lowest BCUT2D eigenvalue weighted by atomic mass is 10.1. The van der Waals surface area contributed by atoms with Gasteiger partial charge in [-0.25, -0.2) is 0 Å². The molecular formula is C20H23N3O4. The molecule has 0 aliphatic carbocycles. The van der Waals surface area contributed by atoms with E-state index in [1.54, 1.807) is 20.1 Å². The molecule has 3 rings (SSSR count). The van der Waals surface area contributed by atoms with Gasteiger partial charge in [0.1, 0.15) is 5.75 Å². The average molecular weight is 369 g/mol. The highest BCUT2D eigenvalue weighted by Crippen LogP contribution is 2.20. The number of nitro benzene ring substituents is 1. The lowest BCUT2D eigenvalue weighted by Crippen LogP contribution is -2.48. The van der Waals surface area contributed by atoms with Crippen molar-refractivity contribution in [3.63, 3.8) is 0 Å². The highest BCUT2D eigenvalue weighted by Gasteiger charge is 2.23. The maximum absolute atomic E-state index is 12.7. The quantitative estimate of drug-likeness (QED) is 0.598. The summed E-state index contributed by atoms with van der Waals surface area (Å²) in [6.45, 7) is 5.37. The van der Waals surface area contributed by atoms with Crippen LogP contribution in [0.3, 0.4) is 0 Å². The number of rotatable bonds is 5. The van der Waals surface area contributed by atoms with Crippen molar-refractivity contribution in [1.82, 2.24) is 9.80 Å². The summed E-state index contributed by atoms with van der Waals surface area (Å²) in [4.78, 5) is 27.3. The molecule has 1 aliphatic heterocycles. The van der Waals surface area contributed by atoms with Crippen molar-refractivity contribution < 1.29 is 14.5 Å². The van der Waals surface area contributed by atoms with Gasteiger partial charge in [-0.2, -0.15) is 0 Å². The topological polar surface area (TPSA) is 75.9 Å². The smallest absolute Gasteiger partial charge is 0.272 e. The number of nitrogens with zero attached hydrogens (tertiary/aromatic N) is 3. The molecule has 1 aliphatic rings. The summed E-state index contributed by atoms with van der Waals surface area (Å²) in [5, 5.41) is 10.9. The molecule has 2 aromatic carbocycles. The van der Waals surface area contributed by atoms with E-state index in [2.05, 4.69) is 17.0 Å². The van der Waals surface area contributed by atoms with Crippen LogP contribution in [0.25, 0.3) is 0 Å². The summed E-state index contributed by atoms with van der Waals surface area (Å²) >= 11 is 0. The van der Waals surface area contributed by atoms with E-state index in [9.17, 15) is 14.9 Å². The first-order valence-corrected chi connectivity index (χ1v) is 8.87. The van der Waals surface area contributed by atoms with Gasteiger partial charge in [0.15, 0.2) is 0 Å². The van der Waals surface area contributed by atoms with E-state index < -0.39 is 4.92 Å². The Kier molecular flexibility index (Phi) is 5.71. The molecule has 0 saturated carbocycles. The first kappa shape index (κ1) is 18.8. The Bertz CT molecular complexity index is 828. The van der Waals surface area contributed by atoms with Crippen LogP contribution in [0.5, 0.6) is 5.75 Å². The molecule has 0 spiro atoms. The van der Waals surface area contributed by atoms with Crippen LogP contribution < -0.4 is 4.74 Å². The van der Waals surface area contributed by atoms with E-state index in [-0.39, 0.29) is 11.6 Å². The second-order valence-corrected chi connectivity index (χ2v) is 6.67. The van der Waals surface area contributed by atoms with Crippen LogP contribution in [0.1, 0.15) is 21.5 Å². The van der Waals surface area contributed by atoms with Crippen molar-refractivity contribution in [2.24, 2.45) is 0 Å². The third-order valence-electron chi connectivity index (χ3n) is 4.87. The number of hydrogen-bond acceptors (Lipinski definition) is 5. The minimum absolute atomic E-state index is 0.0378. The van der Waals surface area contributed by atoms with Crippen molar-refractivity contribution in [3.8, 4) is 5.75 Å². The molecule has 0 N–H and O–H groups in total. The van der Waals surface area contributed by atoms with Gasteiger partial charge in [0.2, 0.25) is 0 Å². The molecule has 2 aromatic rings. The molecule has 1 fully saturated rings. The number of hydrogen-bond donors (Lipinski definition) is 0. The van der Waals surface area contributed by atoms with Gasteiger partial charge in [0.25, 0.3) is 11.6 Å². The lowest BCUT2D eigenvalue weighted by molar-refractivity contribution is -0.385. The van der Waals surface area contributed by atoms with Crippen molar-refractivity contribution in [2.75, 3.05) is 33.3 Å². The molecular weight excluding hydrogens is 346 g/mol. The van der Waals surface area contributed by atoms with Gasteiger partial charge in [-0.1, -0.05) is 12.1 Å². The predicted molar refractivity (Wildman–Crippen MR) is 102 cm³/mol. The number of benzene rings is 2. The largest absolute Gasteiger partial charge is 0.497 e. The number of methoxy groups -OCH3 is 1. The normalized spacial score (nSPS) is 14.8. The maximum Gasteiger partial charge on any atom is 0.272 e. The standard InChI is InChI=1S/C20H23N3O4/c1-15-13-17(5-8-19(15)23(25)26)20(24)22-11-9-21(10-12-22)14-16-3-6-18(27-2)7-4-16/h3-8,13H,9-12,14H2,1-2H3. The van der Waals surface area contributed by atoms with Crippen molar-refractivity contribution in [3.05, 3.63) is 69.3 Å². The van der Waals surface area contributed by atoms with Gasteiger partial charge in [0, 0.05) is 49.9 Å². The molecule has 0 radical (unpaired) electrons. The summed E-state index contributed by atoms with van der Waals surface area (Å²) in [6, 6.07) is 12.5. The third kappa shape index (κ3) is 4.43. The zero-order valence-electron chi connectivity index (χ0n) is 15.6. The fraction of sp³-hybridized carbons (Fsp3) is 0.350. The molecule has 0 unspecified atom stereocenters. The summed E-state index contributed by atoms with van der Waals surface area (Å²) in [7, 11) is 1.65. The van der Waals surface area contributed by atoms with Crippen LogP contribution in [0.4, 0.5) is 5.69 Å². The molecule has 0 bridgehead atoms. The fourth-order valence-corrected chi connectivity index (χ4v) is 3.27. The predicted octanol–water partition coefficient (Wildman–Crippen LogP) is 2.87. The minimum atomic E-state index is -0.429. The summed E-state index contributed by atoms with van der Waals surface area (Å²) in [6.07, 6.45) is 0. The first-order chi connectivity index (χ1) is 13.0. The lowest BCUT2D eigenvalue weighted by Gasteiger charge is -2.34. The number of piperazine rings is 1. The monoisotopic (exact) mass is 369 g/mol. The fourth-order valence-electron chi connectivity index (χ4n) is 3.27. The van der Waals surface area contributed by atoms with E-state index in [0.717, 1.165) is 25.4 Å². The molecule has 0 aromatic heterocycles. The highest BCUT2D eigenvalue weighted by atomic mass is 16.6. The van der Waals surface area contributed by atoms with Gasteiger partial charge in [0.05, 0.1) is 12.0 Å². The van der Waals surface area contributed by atoms with Crippen molar-refractivity contribution in [1.29, 1.82) is 0 Å². The molecule has 1 saturated heterocycles. The summed E-state index contributed by atoms with van der Waals surface area (Å²) < 4.78 is 5.18. The second-order valence-electron chi connectivity index (χ2n) is 6.67. The van der Waals surface area contributed by atoms with Gasteiger partial charge in [-0.05, 0) is 36.8 Å². The van der Waals surface area contributed by atoms with Crippen LogP contribution in [-0.2, 0) is 6.54 Å². The number of aryl methyl sites for hydroxylation is 1. The SMILES string of the molecule is COc1ccc(CN2CCN(C(=O)c3ccc([N+](=O)[O-])c(C)c3)CC2)cc1. The van der Waals surface area contributed by atoms with Crippen LogP contribution in [0.15, 0.2) is 42.5 Å². The molecule has 7 nitrogen and oxygen atoms in total. The van der Waals surface area contributed by atoms with Gasteiger partial charge < -0.3 is 9.64 Å². The molecule has 1 amide bonds. The van der Waals surface area contributed by atoms with Crippen molar-refractivity contribution >= 4 is 11.6 Å². The van der Waals surface area contributed by atoms with Crippen LogP contribution >= 0.6 is 0 Å². The van der Waals surface area contributed by atoms with Crippen LogP contribution in [-0.4, -0.2) is 53.9 Å². The maximum atomic E-state index is 12.7. The van der Waals surface area contributed by atoms with E-state index in [1.165, 1.54) is 17.7 Å². The zero-order chi connectivity index (χ0) is 19.4. The Morgan fingerprint density at radius 1 is 1.11 bits per heavy atom. The van der Waals surface area contributed by atoms with E-state index in [4.69, 9.17) is 4.74 Å². The van der Waals surface area contributed by atoms with Crippen molar-refractivity contribution in [2.45, 2.75) is 13.5 Å². The van der Waals surface area contributed by atoms with Gasteiger partial charge in [-0.15, -0.1) is 0 Å². The molecule has 0 atom stereocenters. The Labute approximate surface area is 158 Å². The molecule has 142 valence electrons. The van der Waals surface area contributed by atoms with Gasteiger partial charge in [-0.3, -0.25) is 19.8 Å². The highest BCUT2D eigenvalue weighted by molar-refractivity contribution is 5.94. The summed E-state index contributed by atoms with van der Waals surface area (Å²) in [5.74, 6) is 0.768. The number of nitro groups is 1. The Balaban J connectivity index is 1.57. The third-order valence-corrected chi connectivity index (χ3v) is 4.87. The zero-order valence-corrected chi connectivity index (χ0v) is 15.6. The molecule has 7 heteroatoms. The molecule has 27 heavy (non-hydrogen) atoms. The number of amides is 1. The number of ether oxygens (including phenoxy) is 1. The minimum Gasteiger partial charge on any atom is -0.497 e. The Morgan fingerprint density at radius 3 is 2.33 bits per heavy atom. The number of carbonyl (C=O) groups excluding carboxylic acids is 1. The Hall–Kier alpha value is -2.93. The first-order valence-electron chi connectivity index (χ1n) is 8.87. The van der Waals surface area contributed by atoms with Crippen LogP contribution in [0.2, 0.25) is 0 Å². The Morgan fingerprint density at radius 2 is 1.78 bits per heavy atom. The number of carbonyl (C=O) groups is 1. The molecule has 1 heterocycles.